The molecule has 0 fully saturated rings. The Balaban J connectivity index is 2.93. The van der Waals surface area contributed by atoms with Crippen LogP contribution in [-0.2, 0) is 0 Å². The van der Waals surface area contributed by atoms with Crippen molar-refractivity contribution in [1.29, 1.82) is 0 Å². The van der Waals surface area contributed by atoms with E-state index in [1.54, 1.807) is 0 Å². The fraction of sp³-hybridized carbons (Fsp3) is 0.700. The normalized spacial score (nSPS) is 10.4. The fourth-order valence-corrected chi connectivity index (χ4v) is 1.80. The van der Waals surface area contributed by atoms with Crippen LogP contribution in [-0.4, -0.2) is 34.3 Å². The van der Waals surface area contributed by atoms with Crippen LogP contribution in [0.25, 0.3) is 0 Å². The zero-order chi connectivity index (χ0) is 12.0. The van der Waals surface area contributed by atoms with Crippen LogP contribution >= 0.6 is 11.8 Å². The number of aromatic nitrogens is 3. The summed E-state index contributed by atoms with van der Waals surface area (Å²) >= 11 is 1.48. The Labute approximate surface area is 101 Å². The molecule has 0 bridgehead atoms. The Morgan fingerprint density at radius 1 is 1.12 bits per heavy atom. The van der Waals surface area contributed by atoms with E-state index < -0.39 is 0 Å². The molecule has 2 N–H and O–H groups in total. The molecule has 1 rings (SSSR count). The number of nitrogens with two attached hydrogens (primary N) is 1. The van der Waals surface area contributed by atoms with Gasteiger partial charge in [0.15, 0.2) is 5.16 Å². The molecule has 0 atom stereocenters. The topological polar surface area (TPSA) is 67.9 Å². The molecule has 0 aliphatic rings. The molecule has 0 unspecified atom stereocenters. The van der Waals surface area contributed by atoms with E-state index in [4.69, 9.17) is 5.73 Å². The lowest BCUT2D eigenvalue weighted by Gasteiger charge is -2.21. The summed E-state index contributed by atoms with van der Waals surface area (Å²) in [5.74, 6) is 0.993. The van der Waals surface area contributed by atoms with Gasteiger partial charge < -0.3 is 10.6 Å². The molecule has 0 saturated heterocycles. The van der Waals surface area contributed by atoms with Crippen molar-refractivity contribution in [2.45, 2.75) is 31.8 Å². The Morgan fingerprint density at radius 2 is 1.75 bits per heavy atom. The molecule has 0 saturated carbocycles. The third kappa shape index (κ3) is 3.52. The summed E-state index contributed by atoms with van der Waals surface area (Å²) in [6, 6.07) is 0. The lowest BCUT2D eigenvalue weighted by atomic mass is 10.4. The predicted octanol–water partition coefficient (Wildman–Crippen LogP) is 1.80. The van der Waals surface area contributed by atoms with Crippen molar-refractivity contribution in [2.24, 2.45) is 0 Å². The minimum absolute atomic E-state index is 0.298. The molecule has 1 heterocycles. The molecule has 0 amide bonds. The zero-order valence-corrected chi connectivity index (χ0v) is 10.9. The van der Waals surface area contributed by atoms with E-state index in [0.29, 0.717) is 17.1 Å². The lowest BCUT2D eigenvalue weighted by Crippen LogP contribution is -2.27. The molecule has 0 spiro atoms. The third-order valence-corrected chi connectivity index (χ3v) is 2.62. The van der Waals surface area contributed by atoms with Crippen LogP contribution in [0.4, 0.5) is 11.9 Å². The fourth-order valence-electron chi connectivity index (χ4n) is 1.45. The van der Waals surface area contributed by atoms with E-state index in [9.17, 15) is 0 Å². The molecule has 0 aliphatic heterocycles. The molecule has 1 aromatic rings. The highest BCUT2D eigenvalue weighted by molar-refractivity contribution is 7.98. The van der Waals surface area contributed by atoms with E-state index in [0.717, 1.165) is 25.9 Å². The number of anilines is 2. The van der Waals surface area contributed by atoms with Crippen LogP contribution in [0.5, 0.6) is 0 Å². The first-order chi connectivity index (χ1) is 7.71. The molecule has 1 aromatic heterocycles. The standard InChI is InChI=1S/C10H19N5S/c1-4-6-15(7-5-2)9-12-8(11)13-10(14-9)16-3/h4-7H2,1-3H3,(H2,11,12,13,14). The highest BCUT2D eigenvalue weighted by Crippen LogP contribution is 2.15. The molecular weight excluding hydrogens is 222 g/mol. The van der Waals surface area contributed by atoms with Crippen molar-refractivity contribution in [1.82, 2.24) is 15.0 Å². The summed E-state index contributed by atoms with van der Waals surface area (Å²) in [5, 5.41) is 0.680. The first kappa shape index (κ1) is 13.0. The largest absolute Gasteiger partial charge is 0.368 e. The average Bonchev–Trinajstić information content (AvgIpc) is 2.28. The SMILES string of the molecule is CCCN(CCC)c1nc(N)nc(SC)n1. The van der Waals surface area contributed by atoms with E-state index in [-0.39, 0.29) is 0 Å². The molecule has 0 radical (unpaired) electrons. The minimum Gasteiger partial charge on any atom is -0.368 e. The van der Waals surface area contributed by atoms with E-state index in [1.807, 2.05) is 6.26 Å². The first-order valence-electron chi connectivity index (χ1n) is 5.51. The molecule has 5 nitrogen and oxygen atoms in total. The van der Waals surface area contributed by atoms with E-state index >= 15 is 0 Å². The van der Waals surface area contributed by atoms with Gasteiger partial charge in [0, 0.05) is 13.1 Å². The summed E-state index contributed by atoms with van der Waals surface area (Å²) in [6.45, 7) is 6.18. The first-order valence-corrected chi connectivity index (χ1v) is 6.74. The molecule has 0 aromatic carbocycles. The molecular formula is C10H19N5S. The van der Waals surface area contributed by atoms with Gasteiger partial charge in [-0.1, -0.05) is 25.6 Å². The van der Waals surface area contributed by atoms with Crippen LogP contribution in [0.3, 0.4) is 0 Å². The van der Waals surface area contributed by atoms with Gasteiger partial charge in [-0.15, -0.1) is 0 Å². The van der Waals surface area contributed by atoms with Crippen molar-refractivity contribution in [2.75, 3.05) is 30.0 Å². The Morgan fingerprint density at radius 3 is 2.25 bits per heavy atom. The molecule has 90 valence electrons. The van der Waals surface area contributed by atoms with Gasteiger partial charge in [-0.2, -0.15) is 15.0 Å². The smallest absolute Gasteiger partial charge is 0.231 e. The van der Waals surface area contributed by atoms with Crippen LogP contribution in [0.15, 0.2) is 5.16 Å². The van der Waals surface area contributed by atoms with Gasteiger partial charge in [0.2, 0.25) is 11.9 Å². The van der Waals surface area contributed by atoms with Crippen molar-refractivity contribution in [3.63, 3.8) is 0 Å². The molecule has 16 heavy (non-hydrogen) atoms. The minimum atomic E-state index is 0.298. The van der Waals surface area contributed by atoms with Crippen LogP contribution in [0, 0.1) is 0 Å². The van der Waals surface area contributed by atoms with Crippen LogP contribution in [0.1, 0.15) is 26.7 Å². The maximum Gasteiger partial charge on any atom is 0.231 e. The summed E-state index contributed by atoms with van der Waals surface area (Å²) in [4.78, 5) is 14.8. The zero-order valence-electron chi connectivity index (χ0n) is 10.1. The molecule has 0 aliphatic carbocycles. The van der Waals surface area contributed by atoms with E-state index in [2.05, 4.69) is 33.7 Å². The van der Waals surface area contributed by atoms with Gasteiger partial charge in [0.05, 0.1) is 0 Å². The van der Waals surface area contributed by atoms with Gasteiger partial charge in [0.25, 0.3) is 0 Å². The summed E-state index contributed by atoms with van der Waals surface area (Å²) in [5.41, 5.74) is 5.66. The second kappa shape index (κ2) is 6.52. The van der Waals surface area contributed by atoms with Crippen LogP contribution < -0.4 is 10.6 Å². The Kier molecular flexibility index (Phi) is 5.31. The van der Waals surface area contributed by atoms with Crippen molar-refractivity contribution in [3.8, 4) is 0 Å². The predicted molar refractivity (Wildman–Crippen MR) is 68.8 cm³/mol. The van der Waals surface area contributed by atoms with Gasteiger partial charge in [-0.25, -0.2) is 0 Å². The Hall–Kier alpha value is -1.04. The van der Waals surface area contributed by atoms with Crippen LogP contribution in [0.2, 0.25) is 0 Å². The summed E-state index contributed by atoms with van der Waals surface area (Å²) in [7, 11) is 0. The van der Waals surface area contributed by atoms with Crippen molar-refractivity contribution in [3.05, 3.63) is 0 Å². The molecule has 6 heteroatoms. The van der Waals surface area contributed by atoms with Crippen molar-refractivity contribution < 1.29 is 0 Å². The Bertz CT molecular complexity index is 325. The monoisotopic (exact) mass is 241 g/mol. The second-order valence-electron chi connectivity index (χ2n) is 3.47. The van der Waals surface area contributed by atoms with Gasteiger partial charge in [0.1, 0.15) is 0 Å². The summed E-state index contributed by atoms with van der Waals surface area (Å²) < 4.78 is 0. The maximum absolute atomic E-state index is 5.66. The number of hydrogen-bond acceptors (Lipinski definition) is 6. The number of rotatable bonds is 6. The number of nitrogens with zero attached hydrogens (tertiary/aromatic N) is 4. The third-order valence-electron chi connectivity index (χ3n) is 2.07. The van der Waals surface area contributed by atoms with E-state index in [1.165, 1.54) is 11.8 Å². The van der Waals surface area contributed by atoms with Gasteiger partial charge in [-0.05, 0) is 19.1 Å². The summed E-state index contributed by atoms with van der Waals surface area (Å²) in [6.07, 6.45) is 4.07. The highest BCUT2D eigenvalue weighted by atomic mass is 32.2. The van der Waals surface area contributed by atoms with Gasteiger partial charge >= 0.3 is 0 Å². The number of thioether (sulfide) groups is 1. The highest BCUT2D eigenvalue weighted by Gasteiger charge is 2.10. The number of nitrogen functional groups attached to an aromatic ring is 1. The average molecular weight is 241 g/mol. The number of hydrogen-bond donors (Lipinski definition) is 1. The van der Waals surface area contributed by atoms with Crippen molar-refractivity contribution >= 4 is 23.7 Å². The lowest BCUT2D eigenvalue weighted by molar-refractivity contribution is 0.708. The maximum atomic E-state index is 5.66. The van der Waals surface area contributed by atoms with Gasteiger partial charge in [-0.3, -0.25) is 0 Å². The second-order valence-corrected chi connectivity index (χ2v) is 4.24. The quantitative estimate of drug-likeness (QED) is 0.766.